The van der Waals surface area contributed by atoms with Gasteiger partial charge in [0.05, 0.1) is 0 Å². The van der Waals surface area contributed by atoms with Gasteiger partial charge in [-0.2, -0.15) is 0 Å². The summed E-state index contributed by atoms with van der Waals surface area (Å²) in [5, 5.41) is 3.53. The van der Waals surface area contributed by atoms with Gasteiger partial charge in [-0.15, -0.1) is 0 Å². The van der Waals surface area contributed by atoms with Crippen LogP contribution >= 0.6 is 11.6 Å². The maximum Gasteiger partial charge on any atom is 0.253 e. The van der Waals surface area contributed by atoms with E-state index in [2.05, 4.69) is 17.2 Å². The topological polar surface area (TPSA) is 45.2 Å². The van der Waals surface area contributed by atoms with E-state index in [1.54, 1.807) is 12.1 Å². The van der Waals surface area contributed by atoms with Crippen molar-refractivity contribution in [1.29, 1.82) is 0 Å². The van der Waals surface area contributed by atoms with Gasteiger partial charge in [-0.25, -0.2) is 4.98 Å². The molecule has 1 N–H and O–H groups in total. The molecule has 2 rings (SSSR count). The van der Waals surface area contributed by atoms with Crippen LogP contribution in [0.2, 0.25) is 5.15 Å². The van der Waals surface area contributed by atoms with Crippen LogP contribution < -0.4 is 5.32 Å². The molecule has 1 heterocycles. The van der Waals surface area contributed by atoms with Gasteiger partial charge in [-0.3, -0.25) is 4.79 Å². The Labute approximate surface area is 131 Å². The average Bonchev–Trinajstić information content (AvgIpc) is 2.96. The van der Waals surface area contributed by atoms with Crippen LogP contribution in [-0.2, 0) is 0 Å². The normalized spacial score (nSPS) is 15.2. The quantitative estimate of drug-likeness (QED) is 0.813. The molecule has 0 atom stereocenters. The molecule has 0 bridgehead atoms. The number of hydrogen-bond donors (Lipinski definition) is 1. The Balaban J connectivity index is 2.04. The molecule has 21 heavy (non-hydrogen) atoms. The molecule has 1 aromatic heterocycles. The molecule has 1 aromatic rings. The number of pyridine rings is 1. The van der Waals surface area contributed by atoms with Crippen molar-refractivity contribution >= 4 is 23.3 Å². The summed E-state index contributed by atoms with van der Waals surface area (Å²) in [6.45, 7) is 3.73. The summed E-state index contributed by atoms with van der Waals surface area (Å²) in [6, 6.07) is 3.43. The van der Waals surface area contributed by atoms with E-state index >= 15 is 0 Å². The van der Waals surface area contributed by atoms with Gasteiger partial charge in [0.25, 0.3) is 5.91 Å². The van der Waals surface area contributed by atoms with Crippen molar-refractivity contribution in [2.75, 3.05) is 25.5 Å². The molecule has 0 radical (unpaired) electrons. The highest BCUT2D eigenvalue weighted by Crippen LogP contribution is 2.26. The largest absolute Gasteiger partial charge is 0.370 e. The van der Waals surface area contributed by atoms with Gasteiger partial charge in [-0.1, -0.05) is 31.4 Å². The minimum atomic E-state index is 0.0192. The molecule has 0 aliphatic heterocycles. The molecule has 0 unspecified atom stereocenters. The zero-order valence-corrected chi connectivity index (χ0v) is 13.6. The van der Waals surface area contributed by atoms with E-state index in [0.29, 0.717) is 22.5 Å². The highest BCUT2D eigenvalue weighted by molar-refractivity contribution is 6.29. The molecule has 1 amide bonds. The van der Waals surface area contributed by atoms with Crippen LogP contribution in [0.4, 0.5) is 5.82 Å². The summed E-state index contributed by atoms with van der Waals surface area (Å²) in [5.74, 6) is 1.33. The zero-order valence-electron chi connectivity index (χ0n) is 12.9. The van der Waals surface area contributed by atoms with E-state index in [9.17, 15) is 4.79 Å². The van der Waals surface area contributed by atoms with Gasteiger partial charge < -0.3 is 10.2 Å². The molecular formula is C16H24ClN3O. The standard InChI is InChI=1S/C16H24ClN3O/c1-3-8-18-15-10-13(9-14(17)19-15)16(21)20(2)11-12-6-4-5-7-12/h9-10,12H,3-8,11H2,1-2H3,(H,18,19). The summed E-state index contributed by atoms with van der Waals surface area (Å²) in [4.78, 5) is 18.5. The third kappa shape index (κ3) is 4.60. The molecular weight excluding hydrogens is 286 g/mol. The second-order valence-electron chi connectivity index (χ2n) is 5.83. The van der Waals surface area contributed by atoms with Crippen LogP contribution in [-0.4, -0.2) is 35.9 Å². The summed E-state index contributed by atoms with van der Waals surface area (Å²) < 4.78 is 0. The molecule has 1 aliphatic carbocycles. The summed E-state index contributed by atoms with van der Waals surface area (Å²) in [7, 11) is 1.87. The number of aromatic nitrogens is 1. The Bertz CT molecular complexity index is 486. The summed E-state index contributed by atoms with van der Waals surface area (Å²) in [6.07, 6.45) is 6.05. The first-order valence-electron chi connectivity index (χ1n) is 7.77. The monoisotopic (exact) mass is 309 g/mol. The number of anilines is 1. The van der Waals surface area contributed by atoms with Gasteiger partial charge in [0.15, 0.2) is 0 Å². The number of hydrogen-bond acceptors (Lipinski definition) is 3. The van der Waals surface area contributed by atoms with Crippen molar-refractivity contribution in [2.45, 2.75) is 39.0 Å². The molecule has 116 valence electrons. The number of nitrogens with zero attached hydrogens (tertiary/aromatic N) is 2. The van der Waals surface area contributed by atoms with E-state index in [1.807, 2.05) is 11.9 Å². The first-order valence-corrected chi connectivity index (χ1v) is 8.15. The third-order valence-electron chi connectivity index (χ3n) is 3.95. The lowest BCUT2D eigenvalue weighted by molar-refractivity contribution is 0.0773. The summed E-state index contributed by atoms with van der Waals surface area (Å²) in [5.41, 5.74) is 0.606. The predicted octanol–water partition coefficient (Wildman–Crippen LogP) is 3.82. The number of rotatable bonds is 6. The molecule has 1 fully saturated rings. The molecule has 1 aliphatic rings. The smallest absolute Gasteiger partial charge is 0.253 e. The average molecular weight is 310 g/mol. The van der Waals surface area contributed by atoms with Gasteiger partial charge in [-0.05, 0) is 37.3 Å². The van der Waals surface area contributed by atoms with Crippen LogP contribution in [0.3, 0.4) is 0 Å². The van der Waals surface area contributed by atoms with Crippen LogP contribution in [0, 0.1) is 5.92 Å². The Morgan fingerprint density at radius 3 is 2.81 bits per heavy atom. The highest BCUT2D eigenvalue weighted by atomic mass is 35.5. The van der Waals surface area contributed by atoms with E-state index in [0.717, 1.165) is 19.5 Å². The predicted molar refractivity (Wildman–Crippen MR) is 86.9 cm³/mol. The van der Waals surface area contributed by atoms with Crippen LogP contribution in [0.1, 0.15) is 49.4 Å². The number of halogens is 1. The third-order valence-corrected chi connectivity index (χ3v) is 4.14. The molecule has 1 saturated carbocycles. The Hall–Kier alpha value is -1.29. The first-order chi connectivity index (χ1) is 10.1. The first kappa shape index (κ1) is 16.1. The molecule has 0 saturated heterocycles. The van der Waals surface area contributed by atoms with Crippen molar-refractivity contribution in [3.8, 4) is 0 Å². The Morgan fingerprint density at radius 1 is 1.43 bits per heavy atom. The minimum absolute atomic E-state index is 0.0192. The van der Waals surface area contributed by atoms with Gasteiger partial charge >= 0.3 is 0 Å². The molecule has 4 nitrogen and oxygen atoms in total. The number of nitrogens with one attached hydrogen (secondary N) is 1. The van der Waals surface area contributed by atoms with E-state index in [1.165, 1.54) is 25.7 Å². The van der Waals surface area contributed by atoms with Gasteiger partial charge in [0.1, 0.15) is 11.0 Å². The number of carbonyl (C=O) groups is 1. The maximum atomic E-state index is 12.5. The van der Waals surface area contributed by atoms with Crippen LogP contribution in [0.5, 0.6) is 0 Å². The lowest BCUT2D eigenvalue weighted by Crippen LogP contribution is -2.31. The van der Waals surface area contributed by atoms with Crippen molar-refractivity contribution in [3.05, 3.63) is 22.8 Å². The number of amides is 1. The van der Waals surface area contributed by atoms with Gasteiger partial charge in [0, 0.05) is 25.7 Å². The van der Waals surface area contributed by atoms with Crippen molar-refractivity contribution < 1.29 is 4.79 Å². The minimum Gasteiger partial charge on any atom is -0.370 e. The fourth-order valence-electron chi connectivity index (χ4n) is 2.85. The van der Waals surface area contributed by atoms with Crippen molar-refractivity contribution in [1.82, 2.24) is 9.88 Å². The lowest BCUT2D eigenvalue weighted by atomic mass is 10.1. The zero-order chi connectivity index (χ0) is 15.2. The van der Waals surface area contributed by atoms with Crippen LogP contribution in [0.25, 0.3) is 0 Å². The molecule has 5 heteroatoms. The van der Waals surface area contributed by atoms with Gasteiger partial charge in [0.2, 0.25) is 0 Å². The number of carbonyl (C=O) groups excluding carboxylic acids is 1. The SMILES string of the molecule is CCCNc1cc(C(=O)N(C)CC2CCCC2)cc(Cl)n1. The Morgan fingerprint density at radius 2 is 2.14 bits per heavy atom. The van der Waals surface area contributed by atoms with Crippen LogP contribution in [0.15, 0.2) is 12.1 Å². The Kier molecular flexibility index (Phi) is 5.85. The van der Waals surface area contributed by atoms with E-state index < -0.39 is 0 Å². The summed E-state index contributed by atoms with van der Waals surface area (Å²) >= 11 is 6.03. The van der Waals surface area contributed by atoms with E-state index in [-0.39, 0.29) is 5.91 Å². The fraction of sp³-hybridized carbons (Fsp3) is 0.625. The highest BCUT2D eigenvalue weighted by Gasteiger charge is 2.20. The second kappa shape index (κ2) is 7.64. The molecule has 0 spiro atoms. The molecule has 0 aromatic carbocycles. The van der Waals surface area contributed by atoms with Crippen molar-refractivity contribution in [3.63, 3.8) is 0 Å². The lowest BCUT2D eigenvalue weighted by Gasteiger charge is -2.21. The maximum absolute atomic E-state index is 12.5. The van der Waals surface area contributed by atoms with Crippen molar-refractivity contribution in [2.24, 2.45) is 5.92 Å². The second-order valence-corrected chi connectivity index (χ2v) is 6.21. The van der Waals surface area contributed by atoms with E-state index in [4.69, 9.17) is 11.6 Å². The fourth-order valence-corrected chi connectivity index (χ4v) is 3.06.